The van der Waals surface area contributed by atoms with E-state index in [9.17, 15) is 4.79 Å². The van der Waals surface area contributed by atoms with Gasteiger partial charge in [0.25, 0.3) is 0 Å². The van der Waals surface area contributed by atoms with Gasteiger partial charge in [0.2, 0.25) is 5.91 Å². The van der Waals surface area contributed by atoms with Crippen molar-refractivity contribution in [2.75, 3.05) is 36.8 Å². The summed E-state index contributed by atoms with van der Waals surface area (Å²) in [5.74, 6) is 1.31. The maximum atomic E-state index is 12.7. The largest absolute Gasteiger partial charge is 0.368 e. The van der Waals surface area contributed by atoms with Gasteiger partial charge in [0.1, 0.15) is 5.82 Å². The molecule has 150 valence electrons. The van der Waals surface area contributed by atoms with Crippen molar-refractivity contribution in [2.24, 2.45) is 0 Å². The molecule has 7 nitrogen and oxygen atoms in total. The van der Waals surface area contributed by atoms with Crippen LogP contribution in [0, 0.1) is 13.8 Å². The van der Waals surface area contributed by atoms with Gasteiger partial charge in [-0.1, -0.05) is 29.5 Å². The van der Waals surface area contributed by atoms with E-state index in [1.807, 2.05) is 28.5 Å². The Morgan fingerprint density at radius 1 is 0.931 bits per heavy atom. The van der Waals surface area contributed by atoms with E-state index in [2.05, 4.69) is 51.3 Å². The number of carbonyl (C=O) groups excluding carboxylic acids is 1. The first-order valence-electron chi connectivity index (χ1n) is 9.66. The number of amides is 1. The molecule has 1 aliphatic rings. The Kier molecular flexibility index (Phi) is 5.80. The van der Waals surface area contributed by atoms with Crippen LogP contribution in [0.2, 0.25) is 0 Å². The van der Waals surface area contributed by atoms with E-state index in [1.54, 1.807) is 12.4 Å². The summed E-state index contributed by atoms with van der Waals surface area (Å²) in [6.07, 6.45) is 3.60. The highest BCUT2D eigenvalue weighted by molar-refractivity contribution is 7.99. The van der Waals surface area contributed by atoms with Crippen molar-refractivity contribution < 1.29 is 4.79 Å². The van der Waals surface area contributed by atoms with Gasteiger partial charge >= 0.3 is 0 Å². The number of anilines is 1. The molecule has 4 rings (SSSR count). The van der Waals surface area contributed by atoms with Crippen LogP contribution in [0.25, 0.3) is 5.69 Å². The predicted octanol–water partition coefficient (Wildman–Crippen LogP) is 2.72. The molecule has 1 fully saturated rings. The van der Waals surface area contributed by atoms with E-state index in [0.29, 0.717) is 5.75 Å². The molecular formula is C21H24N6OS. The third-order valence-corrected chi connectivity index (χ3v) is 5.99. The van der Waals surface area contributed by atoms with Gasteiger partial charge in [-0.2, -0.15) is 0 Å². The summed E-state index contributed by atoms with van der Waals surface area (Å²) < 4.78 is 2.00. The molecule has 0 atom stereocenters. The molecule has 0 aliphatic carbocycles. The van der Waals surface area contributed by atoms with Crippen molar-refractivity contribution in [3.63, 3.8) is 0 Å². The third kappa shape index (κ3) is 4.42. The lowest BCUT2D eigenvalue weighted by Gasteiger charge is -2.36. The number of hydrogen-bond acceptors (Lipinski definition) is 6. The van der Waals surface area contributed by atoms with Gasteiger partial charge in [0.05, 0.1) is 5.75 Å². The second kappa shape index (κ2) is 8.65. The van der Waals surface area contributed by atoms with Gasteiger partial charge in [0, 0.05) is 49.9 Å². The van der Waals surface area contributed by atoms with E-state index in [0.717, 1.165) is 48.5 Å². The lowest BCUT2D eigenvalue weighted by Crippen LogP contribution is -2.49. The molecule has 8 heteroatoms. The van der Waals surface area contributed by atoms with Crippen LogP contribution in [0.5, 0.6) is 0 Å². The molecule has 1 saturated heterocycles. The van der Waals surface area contributed by atoms with Gasteiger partial charge in [-0.05, 0) is 38.1 Å². The Bertz CT molecular complexity index is 965. The molecule has 2 aromatic heterocycles. The summed E-state index contributed by atoms with van der Waals surface area (Å²) in [4.78, 5) is 21.0. The molecule has 0 radical (unpaired) electrons. The first-order valence-corrected chi connectivity index (χ1v) is 10.6. The Balaban J connectivity index is 1.36. The maximum Gasteiger partial charge on any atom is 0.233 e. The summed E-state index contributed by atoms with van der Waals surface area (Å²) >= 11 is 1.44. The minimum Gasteiger partial charge on any atom is -0.368 e. The molecular weight excluding hydrogens is 384 g/mol. The number of hydrogen-bond donors (Lipinski definition) is 0. The highest BCUT2D eigenvalue weighted by atomic mass is 32.2. The minimum atomic E-state index is 0.139. The molecule has 0 unspecified atom stereocenters. The number of piperazine rings is 1. The fraction of sp³-hybridized carbons (Fsp3) is 0.333. The summed E-state index contributed by atoms with van der Waals surface area (Å²) in [6, 6.07) is 12.3. The molecule has 1 amide bonds. The van der Waals surface area contributed by atoms with Crippen LogP contribution < -0.4 is 4.90 Å². The van der Waals surface area contributed by atoms with Gasteiger partial charge in [-0.25, -0.2) is 0 Å². The average molecular weight is 409 g/mol. The van der Waals surface area contributed by atoms with E-state index < -0.39 is 0 Å². The summed E-state index contributed by atoms with van der Waals surface area (Å²) in [5.41, 5.74) is 3.37. The number of carbonyl (C=O) groups is 1. The summed E-state index contributed by atoms with van der Waals surface area (Å²) in [6.45, 7) is 7.11. The molecule has 3 heterocycles. The quantitative estimate of drug-likeness (QED) is 0.605. The second-order valence-electron chi connectivity index (χ2n) is 7.06. The van der Waals surface area contributed by atoms with Crippen LogP contribution >= 0.6 is 11.8 Å². The zero-order valence-electron chi connectivity index (χ0n) is 16.7. The molecule has 0 saturated carbocycles. The number of nitrogens with zero attached hydrogens (tertiary/aromatic N) is 6. The zero-order valence-corrected chi connectivity index (χ0v) is 17.5. The standard InChI is InChI=1S/C21H24N6OS/c1-16-3-5-19(6-4-16)27-17(2)23-24-21(27)29-15-20(28)26-13-11-25(12-14-26)18-7-9-22-10-8-18/h3-10H,11-15H2,1-2H3. The molecule has 0 N–H and O–H groups in total. The van der Waals surface area contributed by atoms with Gasteiger partial charge in [-0.15, -0.1) is 10.2 Å². The number of benzene rings is 1. The van der Waals surface area contributed by atoms with Crippen molar-refractivity contribution in [3.05, 3.63) is 60.2 Å². The first-order chi connectivity index (χ1) is 14.1. The van der Waals surface area contributed by atoms with E-state index >= 15 is 0 Å². The Hall–Kier alpha value is -2.87. The van der Waals surface area contributed by atoms with Crippen LogP contribution in [-0.2, 0) is 4.79 Å². The molecule has 0 spiro atoms. The van der Waals surface area contributed by atoms with Crippen molar-refractivity contribution in [1.82, 2.24) is 24.6 Å². The summed E-state index contributed by atoms with van der Waals surface area (Å²) in [5, 5.41) is 9.22. The Morgan fingerprint density at radius 3 is 2.31 bits per heavy atom. The second-order valence-corrected chi connectivity index (χ2v) is 8.01. The summed E-state index contributed by atoms with van der Waals surface area (Å²) in [7, 11) is 0. The number of rotatable bonds is 5. The van der Waals surface area contributed by atoms with Crippen molar-refractivity contribution in [1.29, 1.82) is 0 Å². The van der Waals surface area contributed by atoms with Crippen LogP contribution in [-0.4, -0.2) is 62.5 Å². The van der Waals surface area contributed by atoms with Crippen LogP contribution in [0.1, 0.15) is 11.4 Å². The first kappa shape index (κ1) is 19.4. The highest BCUT2D eigenvalue weighted by Crippen LogP contribution is 2.23. The zero-order chi connectivity index (χ0) is 20.2. The highest BCUT2D eigenvalue weighted by Gasteiger charge is 2.22. The Morgan fingerprint density at radius 2 is 1.62 bits per heavy atom. The van der Waals surface area contributed by atoms with Crippen molar-refractivity contribution >= 4 is 23.4 Å². The van der Waals surface area contributed by atoms with E-state index in [1.165, 1.54) is 17.3 Å². The topological polar surface area (TPSA) is 67.2 Å². The van der Waals surface area contributed by atoms with Crippen molar-refractivity contribution in [2.45, 2.75) is 19.0 Å². The van der Waals surface area contributed by atoms with E-state index in [-0.39, 0.29) is 5.91 Å². The molecule has 0 bridgehead atoms. The maximum absolute atomic E-state index is 12.7. The third-order valence-electron chi connectivity index (χ3n) is 5.07. The Labute approximate surface area is 174 Å². The number of pyridine rings is 1. The lowest BCUT2D eigenvalue weighted by molar-refractivity contribution is -0.128. The average Bonchev–Trinajstić information content (AvgIpc) is 3.13. The van der Waals surface area contributed by atoms with Gasteiger partial charge < -0.3 is 9.80 Å². The smallest absolute Gasteiger partial charge is 0.233 e. The van der Waals surface area contributed by atoms with Crippen LogP contribution in [0.4, 0.5) is 5.69 Å². The fourth-order valence-corrected chi connectivity index (χ4v) is 4.31. The molecule has 29 heavy (non-hydrogen) atoms. The van der Waals surface area contributed by atoms with E-state index in [4.69, 9.17) is 0 Å². The molecule has 1 aromatic carbocycles. The van der Waals surface area contributed by atoms with Crippen molar-refractivity contribution in [3.8, 4) is 5.69 Å². The minimum absolute atomic E-state index is 0.139. The number of aryl methyl sites for hydroxylation is 2. The lowest BCUT2D eigenvalue weighted by atomic mass is 10.2. The number of thioether (sulfide) groups is 1. The van der Waals surface area contributed by atoms with Gasteiger partial charge in [0.15, 0.2) is 5.16 Å². The monoisotopic (exact) mass is 408 g/mol. The fourth-order valence-electron chi connectivity index (χ4n) is 3.41. The van der Waals surface area contributed by atoms with Crippen LogP contribution in [0.3, 0.4) is 0 Å². The predicted molar refractivity (Wildman–Crippen MR) is 115 cm³/mol. The normalized spacial score (nSPS) is 14.3. The number of aromatic nitrogens is 4. The van der Waals surface area contributed by atoms with Crippen LogP contribution in [0.15, 0.2) is 53.9 Å². The molecule has 1 aliphatic heterocycles. The molecule has 3 aromatic rings. The SMILES string of the molecule is Cc1ccc(-n2c(C)nnc2SCC(=O)N2CCN(c3ccncc3)CC2)cc1. The van der Waals surface area contributed by atoms with Gasteiger partial charge in [-0.3, -0.25) is 14.3 Å².